The number of rotatable bonds is 4. The molecule has 0 radical (unpaired) electrons. The Kier molecular flexibility index (Phi) is 5.28. The first-order chi connectivity index (χ1) is 12.0. The Hall–Kier alpha value is -2.47. The average Bonchev–Trinajstić information content (AvgIpc) is 2.61. The molecule has 2 aromatic rings. The summed E-state index contributed by atoms with van der Waals surface area (Å²) in [6, 6.07) is 14.1. The predicted octanol–water partition coefficient (Wildman–Crippen LogP) is 4.59. The van der Waals surface area contributed by atoms with E-state index in [4.69, 9.17) is 4.74 Å². The quantitative estimate of drug-likeness (QED) is 0.754. The van der Waals surface area contributed by atoms with Crippen molar-refractivity contribution < 1.29 is 22.6 Å². The molecule has 0 N–H and O–H groups in total. The van der Waals surface area contributed by atoms with Gasteiger partial charge in [0.15, 0.2) is 0 Å². The number of anilines is 1. The van der Waals surface area contributed by atoms with Gasteiger partial charge in [-0.15, -0.1) is 13.2 Å². The molecule has 1 aliphatic rings. The van der Waals surface area contributed by atoms with Gasteiger partial charge in [0.25, 0.3) is 0 Å². The first-order valence-electron chi connectivity index (χ1n) is 7.97. The number of nitrogens with zero attached hydrogens (tertiary/aromatic N) is 1. The minimum atomic E-state index is -4.70. The highest BCUT2D eigenvalue weighted by molar-refractivity contribution is 5.78. The normalized spacial score (nSPS) is 15.6. The van der Waals surface area contributed by atoms with E-state index < -0.39 is 6.36 Å². The molecule has 1 aliphatic heterocycles. The lowest BCUT2D eigenvalue weighted by atomic mass is 10.1. The van der Waals surface area contributed by atoms with Crippen LogP contribution in [0.25, 0.3) is 12.2 Å². The Morgan fingerprint density at radius 1 is 0.960 bits per heavy atom. The standard InChI is InChI=1S/C19H18F3NO2/c20-19(21,22)25-17-9-8-16(7-6-15-4-2-1-3-5-15)18(14-17)23-10-12-24-13-11-23/h1-9,14H,10-13H2/b7-6+. The SMILES string of the molecule is FC(F)(F)Oc1ccc(/C=C/c2ccccc2)c(N2CCOCC2)c1. The lowest BCUT2D eigenvalue weighted by molar-refractivity contribution is -0.274. The molecule has 3 nitrogen and oxygen atoms in total. The van der Waals surface area contributed by atoms with E-state index in [0.29, 0.717) is 32.0 Å². The minimum Gasteiger partial charge on any atom is -0.406 e. The van der Waals surface area contributed by atoms with E-state index in [2.05, 4.69) is 4.74 Å². The highest BCUT2D eigenvalue weighted by atomic mass is 19.4. The van der Waals surface area contributed by atoms with Crippen LogP contribution in [0.1, 0.15) is 11.1 Å². The molecular formula is C19H18F3NO2. The Balaban J connectivity index is 1.91. The van der Waals surface area contributed by atoms with Gasteiger partial charge < -0.3 is 14.4 Å². The highest BCUT2D eigenvalue weighted by Crippen LogP contribution is 2.31. The number of alkyl halides is 3. The van der Waals surface area contributed by atoms with Crippen molar-refractivity contribution >= 4 is 17.8 Å². The van der Waals surface area contributed by atoms with Crippen LogP contribution in [0.3, 0.4) is 0 Å². The second-order valence-corrected chi connectivity index (χ2v) is 5.61. The molecule has 0 bridgehead atoms. The Bertz CT molecular complexity index is 723. The maximum atomic E-state index is 12.5. The van der Waals surface area contributed by atoms with Gasteiger partial charge in [-0.1, -0.05) is 42.5 Å². The molecule has 1 fully saturated rings. The molecule has 25 heavy (non-hydrogen) atoms. The number of ether oxygens (including phenoxy) is 2. The molecule has 0 atom stereocenters. The zero-order chi connectivity index (χ0) is 17.7. The lowest BCUT2D eigenvalue weighted by Crippen LogP contribution is -2.36. The third-order valence-corrected chi connectivity index (χ3v) is 3.84. The van der Waals surface area contributed by atoms with Crippen LogP contribution >= 0.6 is 0 Å². The molecular weight excluding hydrogens is 331 g/mol. The molecule has 2 aromatic carbocycles. The van der Waals surface area contributed by atoms with E-state index in [-0.39, 0.29) is 5.75 Å². The van der Waals surface area contributed by atoms with Gasteiger partial charge in [0, 0.05) is 24.8 Å². The molecule has 1 saturated heterocycles. The highest BCUT2D eigenvalue weighted by Gasteiger charge is 2.31. The third kappa shape index (κ3) is 5.00. The van der Waals surface area contributed by atoms with Crippen LogP contribution in [-0.4, -0.2) is 32.7 Å². The first-order valence-corrected chi connectivity index (χ1v) is 7.97. The van der Waals surface area contributed by atoms with Gasteiger partial charge in [-0.3, -0.25) is 0 Å². The van der Waals surface area contributed by atoms with Crippen LogP contribution in [0.5, 0.6) is 5.75 Å². The molecule has 0 amide bonds. The predicted molar refractivity (Wildman–Crippen MR) is 91.5 cm³/mol. The molecule has 1 heterocycles. The average molecular weight is 349 g/mol. The number of morpholine rings is 1. The monoisotopic (exact) mass is 349 g/mol. The molecule has 0 saturated carbocycles. The smallest absolute Gasteiger partial charge is 0.406 e. The molecule has 3 rings (SSSR count). The molecule has 0 spiro atoms. The van der Waals surface area contributed by atoms with Crippen LogP contribution in [0.15, 0.2) is 48.5 Å². The maximum absolute atomic E-state index is 12.5. The van der Waals surface area contributed by atoms with Gasteiger partial charge >= 0.3 is 6.36 Å². The number of hydrogen-bond acceptors (Lipinski definition) is 3. The zero-order valence-corrected chi connectivity index (χ0v) is 13.5. The van der Waals surface area contributed by atoms with Crippen molar-refractivity contribution in [2.45, 2.75) is 6.36 Å². The van der Waals surface area contributed by atoms with E-state index in [1.54, 1.807) is 6.07 Å². The zero-order valence-electron chi connectivity index (χ0n) is 13.5. The molecule has 0 aromatic heterocycles. The van der Waals surface area contributed by atoms with E-state index in [9.17, 15) is 13.2 Å². The summed E-state index contributed by atoms with van der Waals surface area (Å²) in [6.45, 7) is 2.35. The summed E-state index contributed by atoms with van der Waals surface area (Å²) < 4.78 is 46.9. The van der Waals surface area contributed by atoms with Gasteiger partial charge in [-0.2, -0.15) is 0 Å². The summed E-state index contributed by atoms with van der Waals surface area (Å²) in [5.41, 5.74) is 2.56. The second-order valence-electron chi connectivity index (χ2n) is 5.61. The number of halogens is 3. The van der Waals surface area contributed by atoms with E-state index >= 15 is 0 Å². The van der Waals surface area contributed by atoms with E-state index in [0.717, 1.165) is 11.1 Å². The molecule has 0 unspecified atom stereocenters. The van der Waals surface area contributed by atoms with Crippen LogP contribution in [-0.2, 0) is 4.74 Å². The third-order valence-electron chi connectivity index (χ3n) is 3.84. The fourth-order valence-electron chi connectivity index (χ4n) is 2.69. The Labute approximate surface area is 144 Å². The minimum absolute atomic E-state index is 0.217. The lowest BCUT2D eigenvalue weighted by Gasteiger charge is -2.30. The Morgan fingerprint density at radius 3 is 2.36 bits per heavy atom. The maximum Gasteiger partial charge on any atom is 0.573 e. The fourth-order valence-corrected chi connectivity index (χ4v) is 2.69. The van der Waals surface area contributed by atoms with Crippen LogP contribution in [0, 0.1) is 0 Å². The summed E-state index contributed by atoms with van der Waals surface area (Å²) >= 11 is 0. The fraction of sp³-hybridized carbons (Fsp3) is 0.263. The topological polar surface area (TPSA) is 21.7 Å². The van der Waals surface area contributed by atoms with Crippen molar-refractivity contribution in [3.63, 3.8) is 0 Å². The number of hydrogen-bond donors (Lipinski definition) is 0. The van der Waals surface area contributed by atoms with Crippen LogP contribution in [0.2, 0.25) is 0 Å². The van der Waals surface area contributed by atoms with Gasteiger partial charge in [-0.05, 0) is 23.3 Å². The van der Waals surface area contributed by atoms with E-state index in [1.807, 2.05) is 47.4 Å². The molecule has 132 valence electrons. The summed E-state index contributed by atoms with van der Waals surface area (Å²) in [4.78, 5) is 2.01. The summed E-state index contributed by atoms with van der Waals surface area (Å²) in [5.74, 6) is -0.217. The molecule has 0 aliphatic carbocycles. The van der Waals surface area contributed by atoms with Gasteiger partial charge in [-0.25, -0.2) is 0 Å². The number of benzene rings is 2. The first kappa shape index (κ1) is 17.4. The molecule has 6 heteroatoms. The second kappa shape index (κ2) is 7.61. The largest absolute Gasteiger partial charge is 0.573 e. The Morgan fingerprint density at radius 2 is 1.68 bits per heavy atom. The van der Waals surface area contributed by atoms with Crippen molar-refractivity contribution in [2.24, 2.45) is 0 Å². The van der Waals surface area contributed by atoms with Crippen LogP contribution < -0.4 is 9.64 Å². The summed E-state index contributed by atoms with van der Waals surface area (Å²) in [7, 11) is 0. The van der Waals surface area contributed by atoms with E-state index in [1.165, 1.54) is 12.1 Å². The summed E-state index contributed by atoms with van der Waals surface area (Å²) in [6.07, 6.45) is -0.870. The van der Waals surface area contributed by atoms with Crippen molar-refractivity contribution in [3.8, 4) is 5.75 Å². The van der Waals surface area contributed by atoms with Gasteiger partial charge in [0.2, 0.25) is 0 Å². The van der Waals surface area contributed by atoms with Crippen molar-refractivity contribution in [1.82, 2.24) is 0 Å². The van der Waals surface area contributed by atoms with Gasteiger partial charge in [0.1, 0.15) is 5.75 Å². The van der Waals surface area contributed by atoms with Crippen molar-refractivity contribution in [1.29, 1.82) is 0 Å². The summed E-state index contributed by atoms with van der Waals surface area (Å²) in [5, 5.41) is 0. The van der Waals surface area contributed by atoms with Crippen LogP contribution in [0.4, 0.5) is 18.9 Å². The van der Waals surface area contributed by atoms with Crippen molar-refractivity contribution in [2.75, 3.05) is 31.2 Å². The van der Waals surface area contributed by atoms with Gasteiger partial charge in [0.05, 0.1) is 13.2 Å². The van der Waals surface area contributed by atoms with Crippen molar-refractivity contribution in [3.05, 3.63) is 59.7 Å².